The van der Waals surface area contributed by atoms with E-state index in [0.717, 1.165) is 31.4 Å². The second kappa shape index (κ2) is 6.57. The Morgan fingerprint density at radius 3 is 2.24 bits per heavy atom. The van der Waals surface area contributed by atoms with Crippen molar-refractivity contribution >= 4 is 11.5 Å². The molecule has 0 radical (unpaired) electrons. The average Bonchev–Trinajstić information content (AvgIpc) is 2.55. The lowest BCUT2D eigenvalue weighted by molar-refractivity contribution is -0.125. The molecule has 2 aromatic rings. The largest absolute Gasteiger partial charge is 0.378 e. The van der Waals surface area contributed by atoms with Crippen molar-refractivity contribution in [3.05, 3.63) is 66.2 Å². The van der Waals surface area contributed by atoms with Gasteiger partial charge in [0.1, 0.15) is 5.78 Å². The summed E-state index contributed by atoms with van der Waals surface area (Å²) in [6, 6.07) is 20.6. The Hall–Kier alpha value is -2.09. The van der Waals surface area contributed by atoms with Crippen LogP contribution >= 0.6 is 0 Å². The number of hydrogen-bond acceptors (Lipinski definition) is 2. The van der Waals surface area contributed by atoms with Gasteiger partial charge in [0.25, 0.3) is 0 Å². The minimum Gasteiger partial charge on any atom is -0.378 e. The van der Waals surface area contributed by atoms with Gasteiger partial charge < -0.3 is 5.32 Å². The molecule has 1 aliphatic rings. The van der Waals surface area contributed by atoms with Gasteiger partial charge in [-0.15, -0.1) is 0 Å². The third kappa shape index (κ3) is 3.33. The number of carbonyl (C=O) groups excluding carboxylic acids is 1. The van der Waals surface area contributed by atoms with Gasteiger partial charge in [0.05, 0.1) is 6.04 Å². The van der Waals surface area contributed by atoms with E-state index < -0.39 is 0 Å². The number of Topliss-reactive ketones (excluding diaryl/α,β-unsaturated/α-hetero) is 1. The smallest absolute Gasteiger partial charge is 0.138 e. The molecule has 21 heavy (non-hydrogen) atoms. The van der Waals surface area contributed by atoms with E-state index in [2.05, 4.69) is 29.6 Å². The van der Waals surface area contributed by atoms with E-state index in [9.17, 15) is 4.79 Å². The molecule has 1 N–H and O–H groups in total. The van der Waals surface area contributed by atoms with Gasteiger partial charge in [-0.1, -0.05) is 55.0 Å². The first-order chi connectivity index (χ1) is 10.3. The summed E-state index contributed by atoms with van der Waals surface area (Å²) >= 11 is 0. The van der Waals surface area contributed by atoms with Crippen molar-refractivity contribution in [3.8, 4) is 0 Å². The molecule has 2 atom stereocenters. The first-order valence-electron chi connectivity index (χ1n) is 7.74. The molecule has 0 saturated heterocycles. The molecule has 0 amide bonds. The molecule has 1 fully saturated rings. The van der Waals surface area contributed by atoms with Crippen LogP contribution < -0.4 is 5.32 Å². The molecule has 0 unspecified atom stereocenters. The number of anilines is 1. The minimum atomic E-state index is 0.0707. The summed E-state index contributed by atoms with van der Waals surface area (Å²) in [5.41, 5.74) is 2.27. The van der Waals surface area contributed by atoms with Gasteiger partial charge in [-0.2, -0.15) is 0 Å². The second-order valence-corrected chi connectivity index (χ2v) is 5.72. The van der Waals surface area contributed by atoms with E-state index in [1.807, 2.05) is 36.4 Å². The Morgan fingerprint density at radius 2 is 1.57 bits per heavy atom. The van der Waals surface area contributed by atoms with Crippen LogP contribution in [0.3, 0.4) is 0 Å². The molecular formula is C19H21NO. The van der Waals surface area contributed by atoms with Crippen LogP contribution in [0.15, 0.2) is 60.7 Å². The van der Waals surface area contributed by atoms with Crippen molar-refractivity contribution in [2.45, 2.75) is 31.7 Å². The van der Waals surface area contributed by atoms with Crippen LogP contribution in [0.5, 0.6) is 0 Å². The number of benzene rings is 2. The van der Waals surface area contributed by atoms with Crippen LogP contribution in [0.25, 0.3) is 0 Å². The van der Waals surface area contributed by atoms with Crippen molar-refractivity contribution in [2.75, 3.05) is 5.32 Å². The molecule has 108 valence electrons. The Labute approximate surface area is 126 Å². The number of nitrogens with one attached hydrogen (secondary N) is 1. The molecular weight excluding hydrogens is 258 g/mol. The van der Waals surface area contributed by atoms with E-state index in [-0.39, 0.29) is 12.0 Å². The van der Waals surface area contributed by atoms with Crippen molar-refractivity contribution < 1.29 is 4.79 Å². The molecule has 1 aliphatic carbocycles. The summed E-state index contributed by atoms with van der Waals surface area (Å²) in [5.74, 6) is 0.486. The lowest BCUT2D eigenvalue weighted by Crippen LogP contribution is -2.30. The fourth-order valence-corrected chi connectivity index (χ4v) is 3.15. The molecule has 2 nitrogen and oxygen atoms in total. The third-order valence-electron chi connectivity index (χ3n) is 4.26. The molecule has 1 saturated carbocycles. The zero-order valence-corrected chi connectivity index (χ0v) is 12.2. The zero-order chi connectivity index (χ0) is 14.5. The van der Waals surface area contributed by atoms with Gasteiger partial charge in [-0.25, -0.2) is 0 Å². The van der Waals surface area contributed by atoms with Crippen molar-refractivity contribution in [1.29, 1.82) is 0 Å². The highest BCUT2D eigenvalue weighted by atomic mass is 16.1. The summed E-state index contributed by atoms with van der Waals surface area (Å²) in [6.45, 7) is 0. The Balaban J connectivity index is 1.89. The first kappa shape index (κ1) is 13.9. The van der Waals surface area contributed by atoms with Gasteiger partial charge in [-0.05, 0) is 30.5 Å². The van der Waals surface area contributed by atoms with Gasteiger partial charge in [0.15, 0.2) is 0 Å². The van der Waals surface area contributed by atoms with Crippen LogP contribution in [-0.4, -0.2) is 5.78 Å². The quantitative estimate of drug-likeness (QED) is 0.886. The fourth-order valence-electron chi connectivity index (χ4n) is 3.15. The van der Waals surface area contributed by atoms with Gasteiger partial charge in [0.2, 0.25) is 0 Å². The summed E-state index contributed by atoms with van der Waals surface area (Å²) in [4.78, 5) is 12.4. The predicted molar refractivity (Wildman–Crippen MR) is 86.2 cm³/mol. The summed E-state index contributed by atoms with van der Waals surface area (Å²) in [6.07, 6.45) is 3.90. The minimum absolute atomic E-state index is 0.0707. The van der Waals surface area contributed by atoms with E-state index >= 15 is 0 Å². The Morgan fingerprint density at radius 1 is 0.905 bits per heavy atom. The molecule has 3 rings (SSSR count). The van der Waals surface area contributed by atoms with Crippen LogP contribution in [0.4, 0.5) is 5.69 Å². The SMILES string of the molecule is O=C1CCCC[C@@H]1[C@H](Nc1ccccc1)c1ccccc1. The average molecular weight is 279 g/mol. The van der Waals surface area contributed by atoms with E-state index in [1.165, 1.54) is 5.56 Å². The Kier molecular flexibility index (Phi) is 4.34. The number of carbonyl (C=O) groups is 1. The second-order valence-electron chi connectivity index (χ2n) is 5.72. The number of rotatable bonds is 4. The molecule has 0 bridgehead atoms. The summed E-state index contributed by atoms with van der Waals surface area (Å²) < 4.78 is 0. The zero-order valence-electron chi connectivity index (χ0n) is 12.2. The molecule has 0 aliphatic heterocycles. The van der Waals surface area contributed by atoms with Crippen LogP contribution in [0.2, 0.25) is 0 Å². The van der Waals surface area contributed by atoms with Crippen molar-refractivity contribution in [2.24, 2.45) is 5.92 Å². The molecule has 0 spiro atoms. The highest BCUT2D eigenvalue weighted by Gasteiger charge is 2.31. The normalized spacial score (nSPS) is 20.0. The van der Waals surface area contributed by atoms with Gasteiger partial charge in [-0.3, -0.25) is 4.79 Å². The number of hydrogen-bond donors (Lipinski definition) is 1. The Bertz CT molecular complexity index is 579. The van der Waals surface area contributed by atoms with Gasteiger partial charge in [0, 0.05) is 18.0 Å². The monoisotopic (exact) mass is 279 g/mol. The van der Waals surface area contributed by atoms with Crippen LogP contribution in [0.1, 0.15) is 37.3 Å². The van der Waals surface area contributed by atoms with E-state index in [0.29, 0.717) is 5.78 Å². The predicted octanol–water partition coefficient (Wildman–Crippen LogP) is 4.60. The molecule has 2 heteroatoms. The maximum Gasteiger partial charge on any atom is 0.138 e. The molecule has 0 heterocycles. The lowest BCUT2D eigenvalue weighted by atomic mass is 9.80. The van der Waals surface area contributed by atoms with Gasteiger partial charge >= 0.3 is 0 Å². The first-order valence-corrected chi connectivity index (χ1v) is 7.74. The number of para-hydroxylation sites is 1. The van der Waals surface area contributed by atoms with E-state index in [1.54, 1.807) is 0 Å². The topological polar surface area (TPSA) is 29.1 Å². The highest BCUT2D eigenvalue weighted by molar-refractivity contribution is 5.83. The summed E-state index contributed by atoms with van der Waals surface area (Å²) in [7, 11) is 0. The molecule has 2 aromatic carbocycles. The van der Waals surface area contributed by atoms with Crippen LogP contribution in [0, 0.1) is 5.92 Å². The summed E-state index contributed by atoms with van der Waals surface area (Å²) in [5, 5.41) is 3.57. The number of ketones is 1. The van der Waals surface area contributed by atoms with E-state index in [4.69, 9.17) is 0 Å². The van der Waals surface area contributed by atoms with Crippen LogP contribution in [-0.2, 0) is 4.79 Å². The standard InChI is InChI=1S/C19H21NO/c21-18-14-8-7-13-17(18)19(15-9-3-1-4-10-15)20-16-11-5-2-6-12-16/h1-6,9-12,17,19-20H,7-8,13-14H2/t17-,19+/m0/s1. The maximum absolute atomic E-state index is 12.4. The van der Waals surface area contributed by atoms with Crippen molar-refractivity contribution in [3.63, 3.8) is 0 Å². The van der Waals surface area contributed by atoms with Crippen molar-refractivity contribution in [1.82, 2.24) is 0 Å². The molecule has 0 aromatic heterocycles. The highest BCUT2D eigenvalue weighted by Crippen LogP contribution is 2.34. The lowest BCUT2D eigenvalue weighted by Gasteiger charge is -2.31. The fraction of sp³-hybridized carbons (Fsp3) is 0.316. The maximum atomic E-state index is 12.4. The third-order valence-corrected chi connectivity index (χ3v) is 4.26.